The van der Waals surface area contributed by atoms with Crippen LogP contribution in [-0.2, 0) is 9.53 Å². The topological polar surface area (TPSA) is 58.6 Å². The second kappa shape index (κ2) is 8.03. The first-order valence-electron chi connectivity index (χ1n) is 7.57. The number of carbonyl (C=O) groups is 2. The number of urea groups is 1. The van der Waals surface area contributed by atoms with Crippen LogP contribution in [0.2, 0.25) is 5.02 Å². The molecule has 1 aromatic carbocycles. The summed E-state index contributed by atoms with van der Waals surface area (Å²) >= 11 is 5.90. The number of rotatable bonds is 5. The molecule has 0 saturated carbocycles. The maximum atomic E-state index is 12.3. The van der Waals surface area contributed by atoms with Crippen LogP contribution in [0, 0.1) is 0 Å². The van der Waals surface area contributed by atoms with Crippen molar-refractivity contribution in [2.75, 3.05) is 19.7 Å². The lowest BCUT2D eigenvalue weighted by molar-refractivity contribution is -0.142. The first kappa shape index (κ1) is 16.6. The fraction of sp³-hybridized carbons (Fsp3) is 0.500. The summed E-state index contributed by atoms with van der Waals surface area (Å²) < 4.78 is 4.83. The highest BCUT2D eigenvalue weighted by Gasteiger charge is 2.29. The predicted octanol–water partition coefficient (Wildman–Crippen LogP) is 3.14. The fourth-order valence-electron chi connectivity index (χ4n) is 2.65. The average molecular weight is 325 g/mol. The van der Waals surface area contributed by atoms with E-state index in [0.717, 1.165) is 24.9 Å². The van der Waals surface area contributed by atoms with Crippen molar-refractivity contribution in [3.63, 3.8) is 0 Å². The Labute approximate surface area is 135 Å². The van der Waals surface area contributed by atoms with Crippen LogP contribution >= 0.6 is 11.6 Å². The molecule has 1 aliphatic heterocycles. The minimum atomic E-state index is -0.293. The Hall–Kier alpha value is -1.75. The van der Waals surface area contributed by atoms with Gasteiger partial charge >= 0.3 is 12.0 Å². The van der Waals surface area contributed by atoms with Gasteiger partial charge in [-0.05, 0) is 37.5 Å². The van der Waals surface area contributed by atoms with Crippen LogP contribution in [0.5, 0.6) is 0 Å². The minimum absolute atomic E-state index is 0.0693. The van der Waals surface area contributed by atoms with Crippen LogP contribution < -0.4 is 5.32 Å². The molecule has 2 amide bonds. The molecule has 0 aliphatic carbocycles. The molecule has 0 aromatic heterocycles. The standard InChI is InChI=1S/C16H21ClN2O3/c1-2-22-15(20)9-10-18-16(21)19-11-3-4-14(19)12-5-7-13(17)8-6-12/h5-8,14H,2-4,9-11H2,1H3,(H,18,21)/t14-/m0/s1. The third kappa shape index (κ3) is 4.37. The molecule has 6 heteroatoms. The van der Waals surface area contributed by atoms with Gasteiger partial charge in [-0.15, -0.1) is 0 Å². The molecule has 1 aromatic rings. The molecule has 0 radical (unpaired) electrons. The van der Waals surface area contributed by atoms with Crippen molar-refractivity contribution in [2.45, 2.75) is 32.2 Å². The predicted molar refractivity (Wildman–Crippen MR) is 84.8 cm³/mol. The van der Waals surface area contributed by atoms with Crippen molar-refractivity contribution in [3.8, 4) is 0 Å². The van der Waals surface area contributed by atoms with Crippen molar-refractivity contribution >= 4 is 23.6 Å². The number of ether oxygens (including phenoxy) is 1. The van der Waals surface area contributed by atoms with Gasteiger partial charge in [0.2, 0.25) is 0 Å². The van der Waals surface area contributed by atoms with Crippen molar-refractivity contribution in [1.82, 2.24) is 10.2 Å². The second-order valence-corrected chi connectivity index (χ2v) is 5.63. The van der Waals surface area contributed by atoms with Gasteiger partial charge in [-0.3, -0.25) is 4.79 Å². The molecule has 1 aliphatic rings. The summed E-state index contributed by atoms with van der Waals surface area (Å²) in [5, 5.41) is 3.47. The summed E-state index contributed by atoms with van der Waals surface area (Å²) in [6, 6.07) is 7.52. The smallest absolute Gasteiger partial charge is 0.317 e. The molecule has 22 heavy (non-hydrogen) atoms. The lowest BCUT2D eigenvalue weighted by Crippen LogP contribution is -2.40. The second-order valence-electron chi connectivity index (χ2n) is 5.19. The van der Waals surface area contributed by atoms with Gasteiger partial charge in [0.1, 0.15) is 0 Å². The Morgan fingerprint density at radius 3 is 2.77 bits per heavy atom. The summed E-state index contributed by atoms with van der Waals surface area (Å²) in [5.74, 6) is -0.293. The van der Waals surface area contributed by atoms with Gasteiger partial charge in [-0.2, -0.15) is 0 Å². The molecule has 0 spiro atoms. The van der Waals surface area contributed by atoms with E-state index in [-0.39, 0.29) is 24.5 Å². The molecule has 0 bridgehead atoms. The van der Waals surface area contributed by atoms with Crippen LogP contribution in [0.15, 0.2) is 24.3 Å². The van der Waals surface area contributed by atoms with E-state index in [0.29, 0.717) is 18.2 Å². The average Bonchev–Trinajstić information content (AvgIpc) is 2.97. The Morgan fingerprint density at radius 1 is 1.36 bits per heavy atom. The highest BCUT2D eigenvalue weighted by Crippen LogP contribution is 2.32. The van der Waals surface area contributed by atoms with Gasteiger partial charge in [-0.25, -0.2) is 4.79 Å². The normalized spacial score (nSPS) is 17.4. The Balaban J connectivity index is 1.88. The quantitative estimate of drug-likeness (QED) is 0.846. The zero-order valence-electron chi connectivity index (χ0n) is 12.7. The van der Waals surface area contributed by atoms with E-state index in [1.54, 1.807) is 6.92 Å². The summed E-state index contributed by atoms with van der Waals surface area (Å²) in [7, 11) is 0. The lowest BCUT2D eigenvalue weighted by atomic mass is 10.1. The summed E-state index contributed by atoms with van der Waals surface area (Å²) in [5.41, 5.74) is 1.09. The highest BCUT2D eigenvalue weighted by atomic mass is 35.5. The third-order valence-corrected chi connectivity index (χ3v) is 3.93. The van der Waals surface area contributed by atoms with E-state index in [2.05, 4.69) is 5.32 Å². The molecular weight excluding hydrogens is 304 g/mol. The molecule has 5 nitrogen and oxygen atoms in total. The molecule has 1 heterocycles. The number of benzene rings is 1. The summed E-state index contributed by atoms with van der Waals surface area (Å²) in [4.78, 5) is 25.3. The molecule has 1 saturated heterocycles. The number of hydrogen-bond donors (Lipinski definition) is 1. The summed E-state index contributed by atoms with van der Waals surface area (Å²) in [6.07, 6.45) is 2.10. The zero-order chi connectivity index (χ0) is 15.9. The number of esters is 1. The number of halogens is 1. The Kier molecular flexibility index (Phi) is 6.07. The molecule has 2 rings (SSSR count). The minimum Gasteiger partial charge on any atom is -0.466 e. The van der Waals surface area contributed by atoms with E-state index in [9.17, 15) is 9.59 Å². The monoisotopic (exact) mass is 324 g/mol. The van der Waals surface area contributed by atoms with Crippen molar-refractivity contribution in [2.24, 2.45) is 0 Å². The van der Waals surface area contributed by atoms with Crippen LogP contribution in [0.3, 0.4) is 0 Å². The van der Waals surface area contributed by atoms with Gasteiger partial charge < -0.3 is 15.0 Å². The Morgan fingerprint density at radius 2 is 2.09 bits per heavy atom. The molecule has 120 valence electrons. The van der Waals surface area contributed by atoms with E-state index in [4.69, 9.17) is 16.3 Å². The van der Waals surface area contributed by atoms with Crippen molar-refractivity contribution in [1.29, 1.82) is 0 Å². The lowest BCUT2D eigenvalue weighted by Gasteiger charge is -2.25. The number of hydrogen-bond acceptors (Lipinski definition) is 3. The first-order valence-corrected chi connectivity index (χ1v) is 7.95. The zero-order valence-corrected chi connectivity index (χ0v) is 13.4. The van der Waals surface area contributed by atoms with Crippen LogP contribution in [-0.4, -0.2) is 36.6 Å². The van der Waals surface area contributed by atoms with E-state index in [1.807, 2.05) is 29.2 Å². The number of amides is 2. The van der Waals surface area contributed by atoms with E-state index >= 15 is 0 Å². The van der Waals surface area contributed by atoms with Gasteiger partial charge in [0, 0.05) is 18.1 Å². The molecular formula is C16H21ClN2O3. The summed E-state index contributed by atoms with van der Waals surface area (Å²) in [6.45, 7) is 3.13. The van der Waals surface area contributed by atoms with Gasteiger partial charge in [0.05, 0.1) is 19.1 Å². The first-order chi connectivity index (χ1) is 10.6. The van der Waals surface area contributed by atoms with E-state index in [1.165, 1.54) is 0 Å². The number of nitrogens with one attached hydrogen (secondary N) is 1. The number of likely N-dealkylation sites (tertiary alicyclic amines) is 1. The Bertz CT molecular complexity index is 519. The molecule has 1 atom stereocenters. The maximum Gasteiger partial charge on any atom is 0.317 e. The van der Waals surface area contributed by atoms with Gasteiger partial charge in [-0.1, -0.05) is 23.7 Å². The van der Waals surface area contributed by atoms with Gasteiger partial charge in [0.15, 0.2) is 0 Å². The third-order valence-electron chi connectivity index (χ3n) is 3.68. The van der Waals surface area contributed by atoms with Gasteiger partial charge in [0.25, 0.3) is 0 Å². The number of carbonyl (C=O) groups excluding carboxylic acids is 2. The van der Waals surface area contributed by atoms with E-state index < -0.39 is 0 Å². The molecule has 1 N–H and O–H groups in total. The fourth-order valence-corrected chi connectivity index (χ4v) is 2.77. The van der Waals surface area contributed by atoms with Crippen LogP contribution in [0.25, 0.3) is 0 Å². The van der Waals surface area contributed by atoms with Crippen LogP contribution in [0.1, 0.15) is 37.8 Å². The van der Waals surface area contributed by atoms with Crippen LogP contribution in [0.4, 0.5) is 4.79 Å². The highest BCUT2D eigenvalue weighted by molar-refractivity contribution is 6.30. The largest absolute Gasteiger partial charge is 0.466 e. The number of nitrogens with zero attached hydrogens (tertiary/aromatic N) is 1. The SMILES string of the molecule is CCOC(=O)CCNC(=O)N1CCC[C@H]1c1ccc(Cl)cc1. The molecule has 0 unspecified atom stereocenters. The van der Waals surface area contributed by atoms with Crippen molar-refractivity contribution in [3.05, 3.63) is 34.9 Å². The van der Waals surface area contributed by atoms with Crippen molar-refractivity contribution < 1.29 is 14.3 Å². The maximum absolute atomic E-state index is 12.3. The molecule has 1 fully saturated rings.